The van der Waals surface area contributed by atoms with Crippen molar-refractivity contribution < 1.29 is 4.79 Å². The molecule has 1 saturated carbocycles. The van der Waals surface area contributed by atoms with E-state index in [1.807, 2.05) is 0 Å². The van der Waals surface area contributed by atoms with Crippen LogP contribution in [0.4, 0.5) is 0 Å². The van der Waals surface area contributed by atoms with Crippen LogP contribution in [0.5, 0.6) is 0 Å². The van der Waals surface area contributed by atoms with Crippen LogP contribution in [-0.4, -0.2) is 55.0 Å². The highest BCUT2D eigenvalue weighted by Crippen LogP contribution is 2.39. The van der Waals surface area contributed by atoms with E-state index in [-0.39, 0.29) is 5.41 Å². The molecule has 2 rings (SSSR count). The number of carbonyl (C=O) groups excluding carboxylic acids is 1. The summed E-state index contributed by atoms with van der Waals surface area (Å²) >= 11 is 0. The molecule has 1 aliphatic heterocycles. The van der Waals surface area contributed by atoms with E-state index in [0.717, 1.165) is 52.0 Å². The van der Waals surface area contributed by atoms with Crippen molar-refractivity contribution in [1.29, 1.82) is 0 Å². The Kier molecular flexibility index (Phi) is 6.69. The highest BCUT2D eigenvalue weighted by atomic mass is 16.2. The van der Waals surface area contributed by atoms with Crippen molar-refractivity contribution in [1.82, 2.24) is 9.80 Å². The number of nitrogens with two attached hydrogens (primary N) is 1. The third-order valence-electron chi connectivity index (χ3n) is 5.92. The fraction of sp³-hybridized carbons (Fsp3) is 0.944. The van der Waals surface area contributed by atoms with Gasteiger partial charge in [0.05, 0.1) is 0 Å². The molecule has 1 saturated heterocycles. The summed E-state index contributed by atoms with van der Waals surface area (Å²) < 4.78 is 0. The summed E-state index contributed by atoms with van der Waals surface area (Å²) in [6.07, 6.45) is 7.94. The van der Waals surface area contributed by atoms with Crippen LogP contribution in [-0.2, 0) is 4.79 Å². The van der Waals surface area contributed by atoms with Crippen molar-refractivity contribution in [3.8, 4) is 0 Å². The fourth-order valence-corrected chi connectivity index (χ4v) is 4.24. The average molecular weight is 309 g/mol. The Labute approximate surface area is 136 Å². The first-order chi connectivity index (χ1) is 10.6. The van der Waals surface area contributed by atoms with E-state index in [4.69, 9.17) is 5.73 Å². The molecule has 1 heterocycles. The second-order valence-electron chi connectivity index (χ2n) is 7.42. The van der Waals surface area contributed by atoms with Crippen molar-refractivity contribution in [2.24, 2.45) is 17.1 Å². The Balaban J connectivity index is 1.83. The standard InChI is InChI=1S/C18H35N3O/c1-3-20(4-2)13-16-8-11-21(14-16)17(22)12-18(15-19)9-6-5-7-10-18/h16H,3-15,19H2,1-2H3. The van der Waals surface area contributed by atoms with Crippen LogP contribution < -0.4 is 5.73 Å². The van der Waals surface area contributed by atoms with Crippen LogP contribution in [0.15, 0.2) is 0 Å². The van der Waals surface area contributed by atoms with Gasteiger partial charge in [0.1, 0.15) is 0 Å². The molecule has 1 aliphatic carbocycles. The molecule has 1 atom stereocenters. The minimum atomic E-state index is 0.103. The largest absolute Gasteiger partial charge is 0.342 e. The van der Waals surface area contributed by atoms with Crippen LogP contribution >= 0.6 is 0 Å². The zero-order valence-electron chi connectivity index (χ0n) is 14.6. The lowest BCUT2D eigenvalue weighted by Crippen LogP contribution is -2.40. The predicted octanol–water partition coefficient (Wildman–Crippen LogP) is 2.48. The number of amides is 1. The molecule has 2 aliphatic rings. The van der Waals surface area contributed by atoms with Crippen molar-refractivity contribution in [2.75, 3.05) is 39.3 Å². The maximum atomic E-state index is 12.7. The minimum absolute atomic E-state index is 0.103. The molecule has 1 amide bonds. The summed E-state index contributed by atoms with van der Waals surface area (Å²) in [7, 11) is 0. The molecule has 128 valence electrons. The van der Waals surface area contributed by atoms with Crippen LogP contribution in [0, 0.1) is 11.3 Å². The van der Waals surface area contributed by atoms with Crippen molar-refractivity contribution in [3.63, 3.8) is 0 Å². The smallest absolute Gasteiger partial charge is 0.223 e. The highest BCUT2D eigenvalue weighted by Gasteiger charge is 2.36. The zero-order valence-corrected chi connectivity index (χ0v) is 14.6. The molecule has 0 aromatic heterocycles. The molecule has 22 heavy (non-hydrogen) atoms. The third-order valence-corrected chi connectivity index (χ3v) is 5.92. The molecule has 4 heteroatoms. The average Bonchev–Trinajstić information content (AvgIpc) is 3.02. The van der Waals surface area contributed by atoms with E-state index in [1.165, 1.54) is 19.3 Å². The fourth-order valence-electron chi connectivity index (χ4n) is 4.24. The van der Waals surface area contributed by atoms with Gasteiger partial charge in [0.25, 0.3) is 0 Å². The van der Waals surface area contributed by atoms with E-state index >= 15 is 0 Å². The molecule has 1 unspecified atom stereocenters. The summed E-state index contributed by atoms with van der Waals surface area (Å²) in [6.45, 7) is 10.4. The number of likely N-dealkylation sites (tertiary alicyclic amines) is 1. The maximum Gasteiger partial charge on any atom is 0.223 e. The quantitative estimate of drug-likeness (QED) is 0.786. The summed E-state index contributed by atoms with van der Waals surface area (Å²) in [5, 5.41) is 0. The molecular weight excluding hydrogens is 274 g/mol. The lowest BCUT2D eigenvalue weighted by Gasteiger charge is -2.36. The summed E-state index contributed by atoms with van der Waals surface area (Å²) in [4.78, 5) is 17.3. The first kappa shape index (κ1) is 17.7. The first-order valence-corrected chi connectivity index (χ1v) is 9.32. The molecule has 0 aromatic carbocycles. The molecule has 4 nitrogen and oxygen atoms in total. The second kappa shape index (κ2) is 8.30. The Hall–Kier alpha value is -0.610. The molecule has 0 spiro atoms. The van der Waals surface area contributed by atoms with E-state index in [2.05, 4.69) is 23.6 Å². The van der Waals surface area contributed by atoms with E-state index in [0.29, 0.717) is 24.8 Å². The number of carbonyl (C=O) groups is 1. The van der Waals surface area contributed by atoms with Gasteiger partial charge in [0, 0.05) is 26.1 Å². The second-order valence-corrected chi connectivity index (χ2v) is 7.42. The number of rotatable bonds is 7. The Bertz CT molecular complexity index is 348. The highest BCUT2D eigenvalue weighted by molar-refractivity contribution is 5.77. The van der Waals surface area contributed by atoms with Gasteiger partial charge in [-0.3, -0.25) is 4.79 Å². The van der Waals surface area contributed by atoms with Crippen LogP contribution in [0.3, 0.4) is 0 Å². The van der Waals surface area contributed by atoms with Gasteiger partial charge in [0.15, 0.2) is 0 Å². The van der Waals surface area contributed by atoms with Gasteiger partial charge in [-0.15, -0.1) is 0 Å². The van der Waals surface area contributed by atoms with Crippen molar-refractivity contribution in [2.45, 2.75) is 58.8 Å². The maximum absolute atomic E-state index is 12.7. The zero-order chi connectivity index (χ0) is 16.0. The molecular formula is C18H35N3O. The SMILES string of the molecule is CCN(CC)CC1CCN(C(=O)CC2(CN)CCCCC2)C1. The van der Waals surface area contributed by atoms with Gasteiger partial charge in [-0.2, -0.15) is 0 Å². The van der Waals surface area contributed by atoms with Gasteiger partial charge in [-0.25, -0.2) is 0 Å². The van der Waals surface area contributed by atoms with Gasteiger partial charge in [-0.05, 0) is 50.2 Å². The van der Waals surface area contributed by atoms with E-state index in [9.17, 15) is 4.79 Å². The monoisotopic (exact) mass is 309 g/mol. The number of hydrogen-bond acceptors (Lipinski definition) is 3. The summed E-state index contributed by atoms with van der Waals surface area (Å²) in [6, 6.07) is 0. The van der Waals surface area contributed by atoms with Crippen molar-refractivity contribution in [3.05, 3.63) is 0 Å². The predicted molar refractivity (Wildman–Crippen MR) is 91.7 cm³/mol. The van der Waals surface area contributed by atoms with Crippen LogP contribution in [0.25, 0.3) is 0 Å². The van der Waals surface area contributed by atoms with Crippen LogP contribution in [0.1, 0.15) is 58.8 Å². The topological polar surface area (TPSA) is 49.6 Å². The van der Waals surface area contributed by atoms with Crippen LogP contribution in [0.2, 0.25) is 0 Å². The normalized spacial score (nSPS) is 24.9. The number of nitrogens with zero attached hydrogens (tertiary/aromatic N) is 2. The first-order valence-electron chi connectivity index (χ1n) is 9.32. The van der Waals surface area contributed by atoms with E-state index in [1.54, 1.807) is 0 Å². The van der Waals surface area contributed by atoms with Gasteiger partial charge in [0.2, 0.25) is 5.91 Å². The Morgan fingerprint density at radius 2 is 1.91 bits per heavy atom. The lowest BCUT2D eigenvalue weighted by molar-refractivity contribution is -0.133. The lowest BCUT2D eigenvalue weighted by atomic mass is 9.71. The number of hydrogen-bond donors (Lipinski definition) is 1. The molecule has 0 bridgehead atoms. The molecule has 2 N–H and O–H groups in total. The Morgan fingerprint density at radius 3 is 2.50 bits per heavy atom. The van der Waals surface area contributed by atoms with Crippen molar-refractivity contribution >= 4 is 5.91 Å². The minimum Gasteiger partial charge on any atom is -0.342 e. The van der Waals surface area contributed by atoms with Gasteiger partial charge < -0.3 is 15.5 Å². The summed E-state index contributed by atoms with van der Waals surface area (Å²) in [5.74, 6) is 1.01. The molecule has 2 fully saturated rings. The molecule has 0 radical (unpaired) electrons. The summed E-state index contributed by atoms with van der Waals surface area (Å²) in [5.41, 5.74) is 6.14. The van der Waals surface area contributed by atoms with E-state index < -0.39 is 0 Å². The third kappa shape index (κ3) is 4.45. The molecule has 0 aromatic rings. The van der Waals surface area contributed by atoms with Gasteiger partial charge >= 0.3 is 0 Å². The Morgan fingerprint density at radius 1 is 1.23 bits per heavy atom. The van der Waals surface area contributed by atoms with Gasteiger partial charge in [-0.1, -0.05) is 33.1 Å².